The topological polar surface area (TPSA) is 102 Å². The molecule has 2 rings (SSSR count). The lowest BCUT2D eigenvalue weighted by Gasteiger charge is -2.18. The van der Waals surface area contributed by atoms with Crippen molar-refractivity contribution in [3.8, 4) is 0 Å². The molecule has 28 heavy (non-hydrogen) atoms. The van der Waals surface area contributed by atoms with E-state index in [1.165, 1.54) is 11.3 Å². The Morgan fingerprint density at radius 2 is 1.89 bits per heavy atom. The van der Waals surface area contributed by atoms with Gasteiger partial charge in [-0.25, -0.2) is 13.2 Å². The van der Waals surface area contributed by atoms with Gasteiger partial charge in [-0.3, -0.25) is 4.79 Å². The highest BCUT2D eigenvalue weighted by Crippen LogP contribution is 2.21. The standard InChI is InChI=1S/C18H21BrN2O5S2/c1-28(24,25)10-9-15(17(22)20-11-14-7-8-16(19)27-14)21-18(23)26-12-13-5-3-2-4-6-13/h2-8,15H,9-12H2,1H3,(H,20,22)(H,21,23). The number of rotatable bonds is 9. The Kier molecular flexibility index (Phi) is 8.46. The average molecular weight is 489 g/mol. The molecule has 0 aliphatic heterocycles. The van der Waals surface area contributed by atoms with Crippen LogP contribution in [-0.2, 0) is 32.5 Å². The lowest BCUT2D eigenvalue weighted by atomic mass is 10.2. The summed E-state index contributed by atoms with van der Waals surface area (Å²) in [5.41, 5.74) is 0.804. The van der Waals surface area contributed by atoms with Crippen LogP contribution in [0.15, 0.2) is 46.3 Å². The molecule has 1 aromatic carbocycles. The number of nitrogens with one attached hydrogen (secondary N) is 2. The van der Waals surface area contributed by atoms with E-state index in [9.17, 15) is 18.0 Å². The third kappa shape index (κ3) is 8.41. The van der Waals surface area contributed by atoms with Crippen LogP contribution in [0.5, 0.6) is 0 Å². The Morgan fingerprint density at radius 1 is 1.18 bits per heavy atom. The fourth-order valence-corrected chi connectivity index (χ4v) is 4.34. The van der Waals surface area contributed by atoms with Crippen molar-refractivity contribution in [2.75, 3.05) is 12.0 Å². The van der Waals surface area contributed by atoms with Gasteiger partial charge in [0.1, 0.15) is 22.5 Å². The Bertz CT molecular complexity index is 900. The summed E-state index contributed by atoms with van der Waals surface area (Å²) in [6.45, 7) is 0.335. The monoisotopic (exact) mass is 488 g/mol. The molecule has 0 fully saturated rings. The molecule has 10 heteroatoms. The van der Waals surface area contributed by atoms with E-state index in [-0.39, 0.29) is 25.3 Å². The zero-order valence-corrected chi connectivity index (χ0v) is 18.4. The highest BCUT2D eigenvalue weighted by atomic mass is 79.9. The minimum Gasteiger partial charge on any atom is -0.445 e. The van der Waals surface area contributed by atoms with Crippen molar-refractivity contribution in [3.63, 3.8) is 0 Å². The van der Waals surface area contributed by atoms with Crippen molar-refractivity contribution in [2.45, 2.75) is 25.6 Å². The fraction of sp³-hybridized carbons (Fsp3) is 0.333. The zero-order valence-electron chi connectivity index (χ0n) is 15.2. The first kappa shape index (κ1) is 22.4. The Balaban J connectivity index is 1.92. The first-order valence-corrected chi connectivity index (χ1v) is 12.1. The maximum absolute atomic E-state index is 12.5. The number of alkyl carbamates (subject to hydrolysis) is 1. The first-order chi connectivity index (χ1) is 13.2. The van der Waals surface area contributed by atoms with Gasteiger partial charge in [-0.15, -0.1) is 11.3 Å². The summed E-state index contributed by atoms with van der Waals surface area (Å²) in [6, 6.07) is 11.8. The Hall–Kier alpha value is -1.91. The van der Waals surface area contributed by atoms with Crippen LogP contribution in [-0.4, -0.2) is 38.5 Å². The van der Waals surface area contributed by atoms with E-state index < -0.39 is 27.9 Å². The van der Waals surface area contributed by atoms with E-state index in [0.717, 1.165) is 20.5 Å². The second kappa shape index (κ2) is 10.6. The third-order valence-electron chi connectivity index (χ3n) is 3.66. The molecular formula is C18H21BrN2O5S2. The fourth-order valence-electron chi connectivity index (χ4n) is 2.25. The van der Waals surface area contributed by atoms with Crippen LogP contribution in [0.3, 0.4) is 0 Å². The molecule has 0 radical (unpaired) electrons. The van der Waals surface area contributed by atoms with Gasteiger partial charge in [-0.2, -0.15) is 0 Å². The van der Waals surface area contributed by atoms with E-state index >= 15 is 0 Å². The summed E-state index contributed by atoms with van der Waals surface area (Å²) < 4.78 is 29.0. The first-order valence-electron chi connectivity index (χ1n) is 8.40. The molecule has 1 heterocycles. The number of carbonyl (C=O) groups excluding carboxylic acids is 2. The number of benzene rings is 1. The second-order valence-electron chi connectivity index (χ2n) is 6.10. The summed E-state index contributed by atoms with van der Waals surface area (Å²) in [7, 11) is -3.28. The smallest absolute Gasteiger partial charge is 0.408 e. The zero-order chi connectivity index (χ0) is 20.6. The number of hydrogen-bond donors (Lipinski definition) is 2. The lowest BCUT2D eigenvalue weighted by molar-refractivity contribution is -0.123. The van der Waals surface area contributed by atoms with Gasteiger partial charge in [-0.05, 0) is 40.0 Å². The number of amides is 2. The van der Waals surface area contributed by atoms with Gasteiger partial charge in [0.15, 0.2) is 0 Å². The number of thiophene rings is 1. The van der Waals surface area contributed by atoms with E-state index in [1.807, 2.05) is 30.3 Å². The number of carbonyl (C=O) groups is 2. The molecule has 0 aliphatic carbocycles. The van der Waals surface area contributed by atoms with Crippen LogP contribution in [0.25, 0.3) is 0 Å². The predicted molar refractivity (Wildman–Crippen MR) is 112 cm³/mol. The highest BCUT2D eigenvalue weighted by molar-refractivity contribution is 9.11. The van der Waals surface area contributed by atoms with Crippen LogP contribution < -0.4 is 10.6 Å². The van der Waals surface area contributed by atoms with Gasteiger partial charge in [0, 0.05) is 11.1 Å². The molecular weight excluding hydrogens is 468 g/mol. The maximum atomic E-state index is 12.5. The molecule has 0 bridgehead atoms. The van der Waals surface area contributed by atoms with Crippen LogP contribution in [0.1, 0.15) is 16.9 Å². The van der Waals surface area contributed by atoms with Crippen LogP contribution >= 0.6 is 27.3 Å². The SMILES string of the molecule is CS(=O)(=O)CCC(NC(=O)OCc1ccccc1)C(=O)NCc1ccc(Br)s1. The van der Waals surface area contributed by atoms with Gasteiger partial charge >= 0.3 is 6.09 Å². The molecule has 0 aliphatic rings. The molecule has 1 atom stereocenters. The molecule has 0 saturated carbocycles. The van der Waals surface area contributed by atoms with Crippen molar-refractivity contribution in [3.05, 3.63) is 56.7 Å². The molecule has 152 valence electrons. The molecule has 7 nitrogen and oxygen atoms in total. The average Bonchev–Trinajstić information content (AvgIpc) is 3.07. The van der Waals surface area contributed by atoms with E-state index in [0.29, 0.717) is 0 Å². The Labute approximate surface area is 176 Å². The molecule has 2 aromatic rings. The number of sulfone groups is 1. The minimum absolute atomic E-state index is 0.0424. The molecule has 0 spiro atoms. The molecule has 1 aromatic heterocycles. The van der Waals surface area contributed by atoms with Crippen molar-refractivity contribution in [2.24, 2.45) is 0 Å². The van der Waals surface area contributed by atoms with Crippen LogP contribution in [0, 0.1) is 0 Å². The molecule has 2 N–H and O–H groups in total. The largest absolute Gasteiger partial charge is 0.445 e. The maximum Gasteiger partial charge on any atom is 0.408 e. The van der Waals surface area contributed by atoms with Crippen LogP contribution in [0.4, 0.5) is 4.79 Å². The highest BCUT2D eigenvalue weighted by Gasteiger charge is 2.23. The number of hydrogen-bond acceptors (Lipinski definition) is 6. The van der Waals surface area contributed by atoms with Gasteiger partial charge in [-0.1, -0.05) is 30.3 Å². The van der Waals surface area contributed by atoms with E-state index in [4.69, 9.17) is 4.74 Å². The summed E-state index contributed by atoms with van der Waals surface area (Å²) in [4.78, 5) is 25.5. The summed E-state index contributed by atoms with van der Waals surface area (Å²) >= 11 is 4.82. The second-order valence-corrected chi connectivity index (χ2v) is 10.9. The quantitative estimate of drug-likeness (QED) is 0.564. The Morgan fingerprint density at radius 3 is 2.50 bits per heavy atom. The normalized spacial score (nSPS) is 12.2. The third-order valence-corrected chi connectivity index (χ3v) is 6.27. The summed E-state index contributed by atoms with van der Waals surface area (Å²) in [5, 5.41) is 5.17. The van der Waals surface area contributed by atoms with Crippen molar-refractivity contribution < 1.29 is 22.7 Å². The summed E-state index contributed by atoms with van der Waals surface area (Å²) in [6.07, 6.45) is 0.259. The van der Waals surface area contributed by atoms with Crippen molar-refractivity contribution >= 4 is 49.1 Å². The number of halogens is 1. The van der Waals surface area contributed by atoms with E-state index in [2.05, 4.69) is 26.6 Å². The van der Waals surface area contributed by atoms with Gasteiger partial charge in [0.2, 0.25) is 5.91 Å². The van der Waals surface area contributed by atoms with Crippen molar-refractivity contribution in [1.29, 1.82) is 0 Å². The summed E-state index contributed by atoms with van der Waals surface area (Å²) in [5.74, 6) is -0.695. The predicted octanol–water partition coefficient (Wildman–Crippen LogP) is 2.86. The van der Waals surface area contributed by atoms with Crippen LogP contribution in [0.2, 0.25) is 0 Å². The molecule has 0 saturated heterocycles. The van der Waals surface area contributed by atoms with Gasteiger partial charge in [0.25, 0.3) is 0 Å². The lowest BCUT2D eigenvalue weighted by Crippen LogP contribution is -2.47. The molecule has 2 amide bonds. The number of ether oxygens (including phenoxy) is 1. The molecule has 1 unspecified atom stereocenters. The van der Waals surface area contributed by atoms with Gasteiger partial charge in [0.05, 0.1) is 16.1 Å². The van der Waals surface area contributed by atoms with E-state index in [1.54, 1.807) is 12.1 Å². The van der Waals surface area contributed by atoms with Gasteiger partial charge < -0.3 is 15.4 Å². The minimum atomic E-state index is -3.28. The van der Waals surface area contributed by atoms with Crippen molar-refractivity contribution in [1.82, 2.24) is 10.6 Å².